The van der Waals surface area contributed by atoms with Crippen molar-refractivity contribution in [1.29, 1.82) is 0 Å². The zero-order chi connectivity index (χ0) is 13.7. The maximum atomic E-state index is 13.4. The zero-order valence-electron chi connectivity index (χ0n) is 10.7. The molecule has 1 rings (SSSR count). The molecule has 1 aromatic carbocycles. The van der Waals surface area contributed by atoms with Gasteiger partial charge in [0.05, 0.1) is 19.6 Å². The van der Waals surface area contributed by atoms with E-state index >= 15 is 0 Å². The van der Waals surface area contributed by atoms with Crippen LogP contribution >= 0.6 is 11.8 Å². The summed E-state index contributed by atoms with van der Waals surface area (Å²) in [6.07, 6.45) is -0.447. The molecule has 0 spiro atoms. The molecule has 1 N–H and O–H groups in total. The number of aliphatic hydroxyl groups is 1. The molecule has 0 fully saturated rings. The molecule has 0 aliphatic carbocycles. The molecule has 1 unspecified atom stereocenters. The second kappa shape index (κ2) is 6.75. The quantitative estimate of drug-likeness (QED) is 0.661. The van der Waals surface area contributed by atoms with E-state index in [1.54, 1.807) is 19.9 Å². The molecule has 0 heterocycles. The van der Waals surface area contributed by atoms with Crippen LogP contribution < -0.4 is 0 Å². The van der Waals surface area contributed by atoms with Crippen LogP contribution in [0.3, 0.4) is 0 Å². The van der Waals surface area contributed by atoms with Crippen LogP contribution in [0.4, 0.5) is 4.39 Å². The Bertz CT molecular complexity index is 432. The van der Waals surface area contributed by atoms with Crippen LogP contribution in [0.5, 0.6) is 0 Å². The van der Waals surface area contributed by atoms with Gasteiger partial charge in [-0.2, -0.15) is 0 Å². The van der Waals surface area contributed by atoms with Crippen molar-refractivity contribution in [2.24, 2.45) is 0 Å². The predicted octanol–water partition coefficient (Wildman–Crippen LogP) is 2.84. The Balaban J connectivity index is 2.80. The average molecular weight is 272 g/mol. The topological polar surface area (TPSA) is 46.5 Å². The Kier molecular flexibility index (Phi) is 5.62. The Morgan fingerprint density at radius 2 is 2.22 bits per heavy atom. The van der Waals surface area contributed by atoms with Gasteiger partial charge in [0, 0.05) is 10.6 Å². The van der Waals surface area contributed by atoms with Crippen molar-refractivity contribution in [3.63, 3.8) is 0 Å². The molecule has 18 heavy (non-hydrogen) atoms. The normalized spacial score (nSPS) is 12.3. The smallest absolute Gasteiger partial charge is 0.306 e. The van der Waals surface area contributed by atoms with Gasteiger partial charge in [-0.3, -0.25) is 4.79 Å². The lowest BCUT2D eigenvalue weighted by molar-refractivity contribution is -0.140. The fourth-order valence-electron chi connectivity index (χ4n) is 1.47. The first kappa shape index (κ1) is 15.0. The van der Waals surface area contributed by atoms with E-state index in [0.29, 0.717) is 16.9 Å². The average Bonchev–Trinajstić information content (AvgIpc) is 2.32. The Hall–Kier alpha value is -1.07. The van der Waals surface area contributed by atoms with E-state index in [1.165, 1.54) is 24.9 Å². The molecule has 0 bridgehead atoms. The molecule has 0 aliphatic heterocycles. The predicted molar refractivity (Wildman–Crippen MR) is 69.1 cm³/mol. The lowest BCUT2D eigenvalue weighted by Crippen LogP contribution is -2.02. The van der Waals surface area contributed by atoms with Gasteiger partial charge in [0.25, 0.3) is 0 Å². The van der Waals surface area contributed by atoms with E-state index in [0.717, 1.165) is 4.90 Å². The van der Waals surface area contributed by atoms with Gasteiger partial charge >= 0.3 is 5.97 Å². The highest BCUT2D eigenvalue weighted by Gasteiger charge is 2.12. The van der Waals surface area contributed by atoms with E-state index < -0.39 is 6.10 Å². The largest absolute Gasteiger partial charge is 0.469 e. The van der Waals surface area contributed by atoms with Gasteiger partial charge in [0.2, 0.25) is 0 Å². The van der Waals surface area contributed by atoms with E-state index in [4.69, 9.17) is 0 Å². The first-order valence-electron chi connectivity index (χ1n) is 5.63. The third-order valence-corrected chi connectivity index (χ3v) is 3.61. The molecule has 0 amide bonds. The van der Waals surface area contributed by atoms with Crippen molar-refractivity contribution < 1.29 is 19.0 Å². The summed E-state index contributed by atoms with van der Waals surface area (Å²) in [7, 11) is 1.34. The molecule has 1 aromatic rings. The SMILES string of the molecule is COC(=O)CCSc1cc(C)c(F)cc1C(C)O. The van der Waals surface area contributed by atoms with Gasteiger partial charge in [-0.05, 0) is 37.1 Å². The number of carbonyl (C=O) groups excluding carboxylic acids is 1. The van der Waals surface area contributed by atoms with Crippen LogP contribution in [0.1, 0.15) is 30.6 Å². The number of aliphatic hydroxyl groups excluding tert-OH is 1. The Morgan fingerprint density at radius 3 is 2.78 bits per heavy atom. The van der Waals surface area contributed by atoms with Crippen LogP contribution in [0.15, 0.2) is 17.0 Å². The van der Waals surface area contributed by atoms with Crippen molar-refractivity contribution in [3.8, 4) is 0 Å². The third kappa shape index (κ3) is 3.99. The minimum atomic E-state index is -0.735. The monoisotopic (exact) mass is 272 g/mol. The van der Waals surface area contributed by atoms with Crippen molar-refractivity contribution in [2.45, 2.75) is 31.3 Å². The first-order valence-corrected chi connectivity index (χ1v) is 6.62. The van der Waals surface area contributed by atoms with Gasteiger partial charge in [-0.15, -0.1) is 11.8 Å². The molecule has 100 valence electrons. The molecule has 0 radical (unpaired) electrons. The lowest BCUT2D eigenvalue weighted by Gasteiger charge is -2.13. The molecule has 1 atom stereocenters. The van der Waals surface area contributed by atoms with Gasteiger partial charge in [-0.25, -0.2) is 4.39 Å². The summed E-state index contributed by atoms with van der Waals surface area (Å²) in [5.74, 6) is -0.0690. The van der Waals surface area contributed by atoms with Crippen LogP contribution in [-0.4, -0.2) is 23.9 Å². The van der Waals surface area contributed by atoms with Crippen LogP contribution in [0.2, 0.25) is 0 Å². The fourth-order valence-corrected chi connectivity index (χ4v) is 2.61. The third-order valence-electron chi connectivity index (χ3n) is 2.53. The first-order chi connectivity index (χ1) is 8.45. The molecular formula is C13H17FO3S. The van der Waals surface area contributed by atoms with Crippen molar-refractivity contribution >= 4 is 17.7 Å². The summed E-state index contributed by atoms with van der Waals surface area (Å²) in [5, 5.41) is 9.60. The van der Waals surface area contributed by atoms with Crippen LogP contribution in [-0.2, 0) is 9.53 Å². The summed E-state index contributed by atoms with van der Waals surface area (Å²) >= 11 is 1.41. The maximum Gasteiger partial charge on any atom is 0.306 e. The minimum absolute atomic E-state index is 0.278. The summed E-state index contributed by atoms with van der Waals surface area (Å²) < 4.78 is 18.0. The number of hydrogen-bond donors (Lipinski definition) is 1. The molecule has 3 nitrogen and oxygen atoms in total. The zero-order valence-corrected chi connectivity index (χ0v) is 11.5. The Labute approximate surface area is 110 Å². The van der Waals surface area contributed by atoms with Gasteiger partial charge in [0.15, 0.2) is 0 Å². The second-order valence-corrected chi connectivity index (χ2v) is 5.13. The fraction of sp³-hybridized carbons (Fsp3) is 0.462. The van der Waals surface area contributed by atoms with Crippen molar-refractivity contribution in [1.82, 2.24) is 0 Å². The van der Waals surface area contributed by atoms with Gasteiger partial charge in [-0.1, -0.05) is 0 Å². The van der Waals surface area contributed by atoms with E-state index in [2.05, 4.69) is 4.74 Å². The number of esters is 1. The highest BCUT2D eigenvalue weighted by atomic mass is 32.2. The highest BCUT2D eigenvalue weighted by Crippen LogP contribution is 2.30. The molecule has 5 heteroatoms. The van der Waals surface area contributed by atoms with Gasteiger partial charge in [0.1, 0.15) is 5.82 Å². The van der Waals surface area contributed by atoms with Crippen LogP contribution in [0.25, 0.3) is 0 Å². The van der Waals surface area contributed by atoms with Crippen LogP contribution in [0, 0.1) is 12.7 Å². The number of rotatable bonds is 5. The second-order valence-electron chi connectivity index (χ2n) is 3.99. The molecule has 0 saturated carbocycles. The lowest BCUT2D eigenvalue weighted by atomic mass is 10.1. The number of methoxy groups -OCH3 is 1. The molecular weight excluding hydrogens is 255 g/mol. The van der Waals surface area contributed by atoms with Crippen molar-refractivity contribution in [3.05, 3.63) is 29.1 Å². The molecule has 0 aliphatic rings. The van der Waals surface area contributed by atoms with E-state index in [1.807, 2.05) is 0 Å². The Morgan fingerprint density at radius 1 is 1.56 bits per heavy atom. The summed E-state index contributed by atoms with van der Waals surface area (Å²) in [6, 6.07) is 3.04. The number of thioether (sulfide) groups is 1. The summed E-state index contributed by atoms with van der Waals surface area (Å²) in [4.78, 5) is 11.8. The highest BCUT2D eigenvalue weighted by molar-refractivity contribution is 7.99. The minimum Gasteiger partial charge on any atom is -0.469 e. The number of hydrogen-bond acceptors (Lipinski definition) is 4. The number of carbonyl (C=O) groups is 1. The number of benzene rings is 1. The van der Waals surface area contributed by atoms with Crippen molar-refractivity contribution in [2.75, 3.05) is 12.9 Å². The number of ether oxygens (including phenoxy) is 1. The van der Waals surface area contributed by atoms with Gasteiger partial charge < -0.3 is 9.84 Å². The maximum absolute atomic E-state index is 13.4. The number of aryl methyl sites for hydroxylation is 1. The summed E-state index contributed by atoms with van der Waals surface area (Å²) in [6.45, 7) is 3.26. The van der Waals surface area contributed by atoms with E-state index in [9.17, 15) is 14.3 Å². The van der Waals surface area contributed by atoms with E-state index in [-0.39, 0.29) is 18.2 Å². The molecule has 0 aromatic heterocycles. The standard InChI is InChI=1S/C13H17FO3S/c1-8-6-12(18-5-4-13(16)17-3)10(9(2)15)7-11(8)14/h6-7,9,15H,4-5H2,1-3H3. The summed E-state index contributed by atoms with van der Waals surface area (Å²) in [5.41, 5.74) is 1.08. The number of halogens is 1. The molecule has 0 saturated heterocycles.